The number of methoxy groups -OCH3 is 1. The van der Waals surface area contributed by atoms with Crippen molar-refractivity contribution >= 4 is 39.0 Å². The Balaban J connectivity index is 2.09. The van der Waals surface area contributed by atoms with Crippen LogP contribution in [0.1, 0.15) is 24.8 Å². The number of rotatable bonds is 6. The molecule has 0 heterocycles. The third-order valence-corrected chi connectivity index (χ3v) is 6.30. The summed E-state index contributed by atoms with van der Waals surface area (Å²) in [4.78, 5) is 11.4. The molecule has 1 aliphatic rings. The molecule has 1 fully saturated rings. The van der Waals surface area contributed by atoms with E-state index in [0.717, 1.165) is 12.8 Å². The van der Waals surface area contributed by atoms with Gasteiger partial charge in [0.1, 0.15) is 0 Å². The van der Waals surface area contributed by atoms with Gasteiger partial charge in [-0.25, -0.2) is 8.42 Å². The SMILES string of the molecule is COC(=O)CC1(CS(=O)(=O)Cc2cccc(Cl)c2Cl)CC1. The Kier molecular flexibility index (Phi) is 4.85. The van der Waals surface area contributed by atoms with Crippen molar-refractivity contribution < 1.29 is 17.9 Å². The fourth-order valence-electron chi connectivity index (χ4n) is 2.34. The van der Waals surface area contributed by atoms with Crippen LogP contribution >= 0.6 is 23.2 Å². The summed E-state index contributed by atoms with van der Waals surface area (Å²) in [6, 6.07) is 4.92. The molecule has 1 saturated carbocycles. The molecule has 1 aliphatic carbocycles. The van der Waals surface area contributed by atoms with Gasteiger partial charge in [0.25, 0.3) is 0 Å². The Hall–Kier alpha value is -0.780. The Bertz CT molecular complexity index is 651. The van der Waals surface area contributed by atoms with Crippen LogP contribution in [0.4, 0.5) is 0 Å². The van der Waals surface area contributed by atoms with E-state index in [1.54, 1.807) is 18.2 Å². The van der Waals surface area contributed by atoms with Crippen molar-refractivity contribution in [3.63, 3.8) is 0 Å². The highest BCUT2D eigenvalue weighted by Gasteiger charge is 2.47. The molecule has 116 valence electrons. The fraction of sp³-hybridized carbons (Fsp3) is 0.500. The molecule has 0 aromatic heterocycles. The number of halogens is 2. The number of hydrogen-bond donors (Lipinski definition) is 0. The van der Waals surface area contributed by atoms with Crippen molar-refractivity contribution in [3.8, 4) is 0 Å². The molecule has 1 aromatic carbocycles. The number of hydrogen-bond acceptors (Lipinski definition) is 4. The minimum absolute atomic E-state index is 0.0298. The molecule has 0 atom stereocenters. The lowest BCUT2D eigenvalue weighted by atomic mass is 10.1. The van der Waals surface area contributed by atoms with Gasteiger partial charge in [0.05, 0.1) is 35.1 Å². The highest BCUT2D eigenvalue weighted by molar-refractivity contribution is 7.90. The summed E-state index contributed by atoms with van der Waals surface area (Å²) in [6.45, 7) is 0. The highest BCUT2D eigenvalue weighted by atomic mass is 35.5. The van der Waals surface area contributed by atoms with Gasteiger partial charge in [0, 0.05) is 0 Å². The van der Waals surface area contributed by atoms with Gasteiger partial charge in [0.2, 0.25) is 0 Å². The lowest BCUT2D eigenvalue weighted by molar-refractivity contribution is -0.141. The Morgan fingerprint density at radius 3 is 2.57 bits per heavy atom. The largest absolute Gasteiger partial charge is 0.469 e. The number of carbonyl (C=O) groups excluding carboxylic acids is 1. The minimum Gasteiger partial charge on any atom is -0.469 e. The van der Waals surface area contributed by atoms with Gasteiger partial charge in [-0.1, -0.05) is 35.3 Å². The second kappa shape index (κ2) is 6.15. The summed E-state index contributed by atoms with van der Waals surface area (Å²) < 4.78 is 29.3. The van der Waals surface area contributed by atoms with E-state index < -0.39 is 15.3 Å². The molecule has 7 heteroatoms. The maximum absolute atomic E-state index is 12.3. The quantitative estimate of drug-likeness (QED) is 0.738. The van der Waals surface area contributed by atoms with Gasteiger partial charge < -0.3 is 4.74 Å². The first-order valence-electron chi connectivity index (χ1n) is 6.47. The maximum Gasteiger partial charge on any atom is 0.306 e. The Morgan fingerprint density at radius 2 is 2.00 bits per heavy atom. The summed E-state index contributed by atoms with van der Waals surface area (Å²) in [5.41, 5.74) is 0.0230. The molecule has 0 radical (unpaired) electrons. The van der Waals surface area contributed by atoms with Crippen LogP contribution in [0, 0.1) is 5.41 Å². The molecule has 0 bridgehead atoms. The fourth-order valence-corrected chi connectivity index (χ4v) is 4.95. The van der Waals surface area contributed by atoms with E-state index in [-0.39, 0.29) is 28.9 Å². The molecule has 21 heavy (non-hydrogen) atoms. The van der Waals surface area contributed by atoms with Crippen LogP contribution in [-0.4, -0.2) is 27.2 Å². The minimum atomic E-state index is -3.37. The third kappa shape index (κ3) is 4.34. The third-order valence-electron chi connectivity index (χ3n) is 3.64. The highest BCUT2D eigenvalue weighted by Crippen LogP contribution is 2.50. The van der Waals surface area contributed by atoms with Crippen LogP contribution in [0.3, 0.4) is 0 Å². The number of esters is 1. The van der Waals surface area contributed by atoms with Gasteiger partial charge in [-0.05, 0) is 29.9 Å². The molecule has 0 unspecified atom stereocenters. The van der Waals surface area contributed by atoms with E-state index in [2.05, 4.69) is 4.74 Å². The average molecular weight is 351 g/mol. The zero-order valence-electron chi connectivity index (χ0n) is 11.6. The molecule has 0 spiro atoms. The number of benzene rings is 1. The lowest BCUT2D eigenvalue weighted by Crippen LogP contribution is -2.22. The first-order chi connectivity index (χ1) is 9.77. The summed E-state index contributed by atoms with van der Waals surface area (Å²) in [6.07, 6.45) is 1.60. The van der Waals surface area contributed by atoms with E-state index in [4.69, 9.17) is 23.2 Å². The number of ether oxygens (including phenoxy) is 1. The van der Waals surface area contributed by atoms with Gasteiger partial charge >= 0.3 is 5.97 Å². The average Bonchev–Trinajstić information content (AvgIpc) is 3.13. The van der Waals surface area contributed by atoms with Crippen LogP contribution in [0.5, 0.6) is 0 Å². The summed E-state index contributed by atoms with van der Waals surface area (Å²) >= 11 is 11.9. The Morgan fingerprint density at radius 1 is 1.33 bits per heavy atom. The van der Waals surface area contributed by atoms with E-state index in [1.807, 2.05) is 0 Å². The van der Waals surface area contributed by atoms with Crippen LogP contribution < -0.4 is 0 Å². The number of carbonyl (C=O) groups is 1. The topological polar surface area (TPSA) is 60.4 Å². The molecule has 0 aliphatic heterocycles. The molecular formula is C14H16Cl2O4S. The second-order valence-corrected chi connectivity index (χ2v) is 8.35. The maximum atomic E-state index is 12.3. The van der Waals surface area contributed by atoms with Gasteiger partial charge in [0.15, 0.2) is 9.84 Å². The van der Waals surface area contributed by atoms with Crippen molar-refractivity contribution in [1.82, 2.24) is 0 Å². The van der Waals surface area contributed by atoms with Crippen LogP contribution in [-0.2, 0) is 25.1 Å². The van der Waals surface area contributed by atoms with Crippen molar-refractivity contribution in [3.05, 3.63) is 33.8 Å². The van der Waals surface area contributed by atoms with E-state index in [9.17, 15) is 13.2 Å². The van der Waals surface area contributed by atoms with Crippen LogP contribution in [0.2, 0.25) is 10.0 Å². The first-order valence-corrected chi connectivity index (χ1v) is 9.05. The molecular weight excluding hydrogens is 335 g/mol. The van der Waals surface area contributed by atoms with Gasteiger partial charge in [-0.2, -0.15) is 0 Å². The number of sulfone groups is 1. The Labute approximate surface area is 134 Å². The first kappa shape index (κ1) is 16.6. The van der Waals surface area contributed by atoms with Crippen LogP contribution in [0.25, 0.3) is 0 Å². The molecule has 4 nitrogen and oxygen atoms in total. The predicted octanol–water partition coefficient (Wildman–Crippen LogP) is 3.25. The van der Waals surface area contributed by atoms with Gasteiger partial charge in [-0.15, -0.1) is 0 Å². The molecule has 0 N–H and O–H groups in total. The normalized spacial score (nSPS) is 16.5. The molecule has 1 aromatic rings. The summed E-state index contributed by atoms with van der Waals surface area (Å²) in [5.74, 6) is -0.573. The van der Waals surface area contributed by atoms with Crippen molar-refractivity contribution in [1.29, 1.82) is 0 Å². The molecule has 0 saturated heterocycles. The lowest BCUT2D eigenvalue weighted by Gasteiger charge is -2.14. The standard InChI is InChI=1S/C14H16Cl2O4S/c1-20-12(17)7-14(5-6-14)9-21(18,19)8-10-3-2-4-11(15)13(10)16/h2-4H,5-9H2,1H3. The monoisotopic (exact) mass is 350 g/mol. The summed E-state index contributed by atoms with van der Waals surface area (Å²) in [7, 11) is -2.07. The predicted molar refractivity (Wildman–Crippen MR) is 82.3 cm³/mol. The zero-order chi connectivity index (χ0) is 15.7. The molecule has 0 amide bonds. The van der Waals surface area contributed by atoms with Crippen molar-refractivity contribution in [2.24, 2.45) is 5.41 Å². The summed E-state index contributed by atoms with van der Waals surface area (Å²) in [5, 5.41) is 0.598. The van der Waals surface area contributed by atoms with Crippen molar-refractivity contribution in [2.45, 2.75) is 25.0 Å². The van der Waals surface area contributed by atoms with E-state index >= 15 is 0 Å². The second-order valence-electron chi connectivity index (χ2n) is 5.50. The van der Waals surface area contributed by atoms with E-state index in [0.29, 0.717) is 10.6 Å². The van der Waals surface area contributed by atoms with E-state index in [1.165, 1.54) is 7.11 Å². The van der Waals surface area contributed by atoms with Gasteiger partial charge in [-0.3, -0.25) is 4.79 Å². The smallest absolute Gasteiger partial charge is 0.306 e. The zero-order valence-corrected chi connectivity index (χ0v) is 13.9. The molecule has 2 rings (SSSR count). The van der Waals surface area contributed by atoms with Crippen molar-refractivity contribution in [2.75, 3.05) is 12.9 Å². The van der Waals surface area contributed by atoms with Crippen LogP contribution in [0.15, 0.2) is 18.2 Å².